The highest BCUT2D eigenvalue weighted by Crippen LogP contribution is 2.22. The summed E-state index contributed by atoms with van der Waals surface area (Å²) in [6, 6.07) is 9.49. The van der Waals surface area contributed by atoms with E-state index in [9.17, 15) is 5.11 Å². The van der Waals surface area contributed by atoms with Crippen LogP contribution in [0.1, 0.15) is 11.7 Å². The minimum Gasteiger partial charge on any atom is -0.388 e. The summed E-state index contributed by atoms with van der Waals surface area (Å²) < 4.78 is 10.0. The van der Waals surface area contributed by atoms with E-state index in [1.165, 1.54) is 0 Å². The molecule has 0 aliphatic heterocycles. The van der Waals surface area contributed by atoms with Crippen LogP contribution in [0.2, 0.25) is 0 Å². The third kappa shape index (κ3) is 3.77. The van der Waals surface area contributed by atoms with E-state index in [0.29, 0.717) is 6.61 Å². The summed E-state index contributed by atoms with van der Waals surface area (Å²) in [6.45, 7) is 4.33. The number of ether oxygens (including phenoxy) is 2. The van der Waals surface area contributed by atoms with Crippen molar-refractivity contribution in [2.45, 2.75) is 6.10 Å². The fourth-order valence-electron chi connectivity index (χ4n) is 1.45. The molecular formula is C13H18O3. The Hall–Kier alpha value is -1.16. The summed E-state index contributed by atoms with van der Waals surface area (Å²) in [6.07, 6.45) is 1.11. The summed E-state index contributed by atoms with van der Waals surface area (Å²) in [5.41, 5.74) is 0.869. The maximum Gasteiger partial charge on any atom is 0.146 e. The second-order valence-electron chi connectivity index (χ2n) is 3.53. The van der Waals surface area contributed by atoms with E-state index in [-0.39, 0.29) is 12.7 Å². The first kappa shape index (κ1) is 12.9. The van der Waals surface area contributed by atoms with Crippen LogP contribution in [0, 0.1) is 5.92 Å². The Morgan fingerprint density at radius 2 is 2.06 bits per heavy atom. The minimum absolute atomic E-state index is 0.127. The first-order valence-corrected chi connectivity index (χ1v) is 5.21. The monoisotopic (exact) mass is 222 g/mol. The molecule has 3 heteroatoms. The maximum atomic E-state index is 10.1. The number of hydrogen-bond donors (Lipinski definition) is 1. The molecule has 0 spiro atoms. The Balaban J connectivity index is 2.55. The van der Waals surface area contributed by atoms with Gasteiger partial charge in [-0.2, -0.15) is 0 Å². The van der Waals surface area contributed by atoms with Gasteiger partial charge >= 0.3 is 0 Å². The van der Waals surface area contributed by atoms with Crippen molar-refractivity contribution in [1.82, 2.24) is 0 Å². The molecule has 0 fully saturated rings. The van der Waals surface area contributed by atoms with Crippen LogP contribution in [0.5, 0.6) is 0 Å². The molecule has 0 saturated heterocycles. The van der Waals surface area contributed by atoms with Crippen molar-refractivity contribution in [2.24, 2.45) is 5.92 Å². The molecule has 1 rings (SSSR count). The zero-order valence-corrected chi connectivity index (χ0v) is 9.50. The van der Waals surface area contributed by atoms with Gasteiger partial charge in [0.25, 0.3) is 0 Å². The lowest BCUT2D eigenvalue weighted by Crippen LogP contribution is -2.17. The fraction of sp³-hybridized carbons (Fsp3) is 0.385. The first-order chi connectivity index (χ1) is 7.79. The molecular weight excluding hydrogens is 204 g/mol. The molecule has 0 heterocycles. The molecule has 88 valence electrons. The molecule has 0 aliphatic carbocycles. The molecule has 2 atom stereocenters. The molecule has 0 amide bonds. The van der Waals surface area contributed by atoms with Gasteiger partial charge in [-0.1, -0.05) is 36.4 Å². The molecule has 0 radical (unpaired) electrons. The van der Waals surface area contributed by atoms with Gasteiger partial charge in [-0.3, -0.25) is 0 Å². The van der Waals surface area contributed by atoms with Crippen LogP contribution in [0.25, 0.3) is 0 Å². The Morgan fingerprint density at radius 1 is 1.38 bits per heavy atom. The molecule has 0 unspecified atom stereocenters. The second-order valence-corrected chi connectivity index (χ2v) is 3.53. The molecule has 0 bridgehead atoms. The number of rotatable bonds is 7. The van der Waals surface area contributed by atoms with E-state index in [2.05, 4.69) is 6.58 Å². The van der Waals surface area contributed by atoms with Crippen molar-refractivity contribution >= 4 is 0 Å². The lowest BCUT2D eigenvalue weighted by atomic mass is 9.97. The van der Waals surface area contributed by atoms with Crippen LogP contribution in [-0.4, -0.2) is 25.6 Å². The highest BCUT2D eigenvalue weighted by molar-refractivity contribution is 5.19. The molecule has 3 nitrogen and oxygen atoms in total. The van der Waals surface area contributed by atoms with Crippen LogP contribution in [0.4, 0.5) is 0 Å². The maximum absolute atomic E-state index is 10.1. The van der Waals surface area contributed by atoms with Gasteiger partial charge in [-0.25, -0.2) is 0 Å². The summed E-state index contributed by atoms with van der Waals surface area (Å²) in [5, 5.41) is 10.1. The summed E-state index contributed by atoms with van der Waals surface area (Å²) in [7, 11) is 1.57. The van der Waals surface area contributed by atoms with Gasteiger partial charge in [0.15, 0.2) is 0 Å². The van der Waals surface area contributed by atoms with Crippen LogP contribution in [0.15, 0.2) is 43.0 Å². The van der Waals surface area contributed by atoms with E-state index in [1.807, 2.05) is 30.3 Å². The third-order valence-electron chi connectivity index (χ3n) is 2.36. The average Bonchev–Trinajstić information content (AvgIpc) is 2.35. The van der Waals surface area contributed by atoms with Crippen LogP contribution in [0.3, 0.4) is 0 Å². The van der Waals surface area contributed by atoms with Crippen molar-refractivity contribution in [3.05, 3.63) is 48.6 Å². The molecule has 1 N–H and O–H groups in total. The number of hydrogen-bond acceptors (Lipinski definition) is 3. The van der Waals surface area contributed by atoms with Gasteiger partial charge in [0.2, 0.25) is 0 Å². The second kappa shape index (κ2) is 7.17. The lowest BCUT2D eigenvalue weighted by Gasteiger charge is -2.19. The van der Waals surface area contributed by atoms with E-state index in [1.54, 1.807) is 13.2 Å². The Bertz CT molecular complexity index is 297. The number of aliphatic hydroxyl groups excluding tert-OH is 1. The fourth-order valence-corrected chi connectivity index (χ4v) is 1.45. The van der Waals surface area contributed by atoms with Crippen molar-refractivity contribution in [3.63, 3.8) is 0 Å². The van der Waals surface area contributed by atoms with Gasteiger partial charge in [0, 0.05) is 13.0 Å². The average molecular weight is 222 g/mol. The van der Waals surface area contributed by atoms with Crippen molar-refractivity contribution in [2.75, 3.05) is 20.5 Å². The molecule has 0 saturated carbocycles. The largest absolute Gasteiger partial charge is 0.388 e. The normalized spacial score (nSPS) is 14.4. The number of methoxy groups -OCH3 is 1. The molecule has 16 heavy (non-hydrogen) atoms. The molecule has 1 aromatic carbocycles. The SMILES string of the molecule is C=C[C@@H](COCOC)[C@H](O)c1ccccc1. The Kier molecular flexibility index (Phi) is 5.78. The summed E-state index contributed by atoms with van der Waals surface area (Å²) >= 11 is 0. The first-order valence-electron chi connectivity index (χ1n) is 5.21. The van der Waals surface area contributed by atoms with Gasteiger partial charge in [0.05, 0.1) is 12.7 Å². The van der Waals surface area contributed by atoms with Gasteiger partial charge < -0.3 is 14.6 Å². The van der Waals surface area contributed by atoms with Gasteiger partial charge in [-0.15, -0.1) is 6.58 Å². The third-order valence-corrected chi connectivity index (χ3v) is 2.36. The Morgan fingerprint density at radius 3 is 2.62 bits per heavy atom. The van der Waals surface area contributed by atoms with E-state index < -0.39 is 6.10 Å². The van der Waals surface area contributed by atoms with E-state index >= 15 is 0 Å². The topological polar surface area (TPSA) is 38.7 Å². The van der Waals surface area contributed by atoms with E-state index in [4.69, 9.17) is 9.47 Å². The standard InChI is InChI=1S/C13H18O3/c1-3-11(9-16-10-15-2)13(14)12-7-5-4-6-8-12/h3-8,11,13-14H,1,9-10H2,2H3/t11-,13-/m0/s1. The quantitative estimate of drug-likeness (QED) is 0.436. The smallest absolute Gasteiger partial charge is 0.146 e. The number of benzene rings is 1. The highest BCUT2D eigenvalue weighted by Gasteiger charge is 2.17. The van der Waals surface area contributed by atoms with Crippen molar-refractivity contribution < 1.29 is 14.6 Å². The minimum atomic E-state index is -0.587. The van der Waals surface area contributed by atoms with Crippen LogP contribution < -0.4 is 0 Å². The van der Waals surface area contributed by atoms with Crippen LogP contribution in [-0.2, 0) is 9.47 Å². The van der Waals surface area contributed by atoms with Crippen molar-refractivity contribution in [1.29, 1.82) is 0 Å². The van der Waals surface area contributed by atoms with E-state index in [0.717, 1.165) is 5.56 Å². The Labute approximate surface area is 96.3 Å². The highest BCUT2D eigenvalue weighted by atomic mass is 16.7. The number of aliphatic hydroxyl groups is 1. The molecule has 1 aromatic rings. The molecule has 0 aliphatic rings. The van der Waals surface area contributed by atoms with Gasteiger partial charge in [-0.05, 0) is 5.56 Å². The predicted octanol–water partition coefficient (Wildman–Crippen LogP) is 2.14. The predicted molar refractivity (Wildman–Crippen MR) is 62.9 cm³/mol. The zero-order valence-electron chi connectivity index (χ0n) is 9.50. The molecule has 0 aromatic heterocycles. The lowest BCUT2D eigenvalue weighted by molar-refractivity contribution is -0.0528. The zero-order chi connectivity index (χ0) is 11.8. The summed E-state index contributed by atoms with van der Waals surface area (Å²) in [4.78, 5) is 0. The van der Waals surface area contributed by atoms with Crippen molar-refractivity contribution in [3.8, 4) is 0 Å². The van der Waals surface area contributed by atoms with Crippen LogP contribution >= 0.6 is 0 Å². The van der Waals surface area contributed by atoms with Gasteiger partial charge in [0.1, 0.15) is 6.79 Å². The summed E-state index contributed by atoms with van der Waals surface area (Å²) in [5.74, 6) is -0.127.